The molecule has 1 fully saturated rings. The number of imidazole rings is 1. The van der Waals surface area contributed by atoms with Crippen molar-refractivity contribution >= 4 is 11.0 Å². The van der Waals surface area contributed by atoms with Crippen molar-refractivity contribution in [2.45, 2.75) is 18.9 Å². The summed E-state index contributed by atoms with van der Waals surface area (Å²) in [4.78, 5) is 15.0. The van der Waals surface area contributed by atoms with E-state index < -0.39 is 0 Å². The number of hydrogen-bond acceptors (Lipinski definition) is 3. The summed E-state index contributed by atoms with van der Waals surface area (Å²) < 4.78 is 12.6. The van der Waals surface area contributed by atoms with E-state index in [-0.39, 0.29) is 11.7 Å². The van der Waals surface area contributed by atoms with Crippen LogP contribution in [0.15, 0.2) is 23.0 Å². The molecule has 2 heterocycles. The number of aromatic nitrogens is 2. The number of rotatable bonds is 2. The Morgan fingerprint density at radius 3 is 3.11 bits per heavy atom. The smallest absolute Gasteiger partial charge is 0.326 e. The second kappa shape index (κ2) is 4.49. The largest absolute Gasteiger partial charge is 0.494 e. The van der Waals surface area contributed by atoms with Gasteiger partial charge in [0.05, 0.1) is 25.3 Å². The van der Waals surface area contributed by atoms with E-state index in [1.54, 1.807) is 11.7 Å². The van der Waals surface area contributed by atoms with E-state index in [1.165, 1.54) is 0 Å². The number of aromatic amines is 1. The van der Waals surface area contributed by atoms with Gasteiger partial charge >= 0.3 is 5.69 Å². The summed E-state index contributed by atoms with van der Waals surface area (Å²) in [5, 5.41) is 0. The standard InChI is InChI=1S/C13H16N2O3/c1-17-11-6-2-5-10-12(11)15(13(16)14-10)9-4-3-7-18-8-9/h2,5-6,9H,3-4,7-8H2,1H3,(H,14,16). The SMILES string of the molecule is COc1cccc2[nH]c(=O)n(C3CCCOC3)c12. The molecule has 5 nitrogen and oxygen atoms in total. The summed E-state index contributed by atoms with van der Waals surface area (Å²) in [7, 11) is 1.62. The molecule has 0 aliphatic carbocycles. The van der Waals surface area contributed by atoms with E-state index in [2.05, 4.69) is 4.98 Å². The average molecular weight is 248 g/mol. The molecule has 0 radical (unpaired) electrons. The van der Waals surface area contributed by atoms with Gasteiger partial charge in [0.1, 0.15) is 11.3 Å². The van der Waals surface area contributed by atoms with Crippen LogP contribution in [0.25, 0.3) is 11.0 Å². The molecule has 0 bridgehead atoms. The second-order valence-corrected chi connectivity index (χ2v) is 4.53. The van der Waals surface area contributed by atoms with Gasteiger partial charge in [-0.25, -0.2) is 4.79 Å². The Morgan fingerprint density at radius 2 is 2.39 bits per heavy atom. The van der Waals surface area contributed by atoms with Gasteiger partial charge in [-0.2, -0.15) is 0 Å². The van der Waals surface area contributed by atoms with E-state index in [0.29, 0.717) is 6.61 Å². The Kier molecular flexibility index (Phi) is 2.83. The molecule has 0 spiro atoms. The Bertz CT molecular complexity index is 608. The first kappa shape index (κ1) is 11.3. The maximum Gasteiger partial charge on any atom is 0.326 e. The third-order valence-electron chi connectivity index (χ3n) is 3.42. The van der Waals surface area contributed by atoms with Gasteiger partial charge in [0.2, 0.25) is 0 Å². The average Bonchev–Trinajstić information content (AvgIpc) is 2.75. The molecule has 2 aromatic rings. The highest BCUT2D eigenvalue weighted by Gasteiger charge is 2.22. The van der Waals surface area contributed by atoms with Gasteiger partial charge in [-0.1, -0.05) is 6.07 Å². The van der Waals surface area contributed by atoms with Crippen LogP contribution in [0.5, 0.6) is 5.75 Å². The lowest BCUT2D eigenvalue weighted by molar-refractivity contribution is 0.0593. The monoisotopic (exact) mass is 248 g/mol. The lowest BCUT2D eigenvalue weighted by Crippen LogP contribution is -2.28. The lowest BCUT2D eigenvalue weighted by Gasteiger charge is -2.23. The van der Waals surface area contributed by atoms with Gasteiger partial charge in [0.25, 0.3) is 0 Å². The van der Waals surface area contributed by atoms with Crippen molar-refractivity contribution in [2.24, 2.45) is 0 Å². The number of ether oxygens (including phenoxy) is 2. The van der Waals surface area contributed by atoms with Crippen LogP contribution in [0.4, 0.5) is 0 Å². The highest BCUT2D eigenvalue weighted by molar-refractivity contribution is 5.82. The molecule has 96 valence electrons. The van der Waals surface area contributed by atoms with Crippen molar-refractivity contribution in [3.05, 3.63) is 28.7 Å². The number of fused-ring (bicyclic) bond motifs is 1. The Balaban J connectivity index is 2.20. The zero-order chi connectivity index (χ0) is 12.5. The van der Waals surface area contributed by atoms with E-state index >= 15 is 0 Å². The van der Waals surface area contributed by atoms with Gasteiger partial charge < -0.3 is 14.5 Å². The van der Waals surface area contributed by atoms with Crippen LogP contribution in [0, 0.1) is 0 Å². The first-order valence-electron chi connectivity index (χ1n) is 6.16. The van der Waals surface area contributed by atoms with E-state index in [0.717, 1.165) is 36.2 Å². The molecule has 1 aliphatic rings. The van der Waals surface area contributed by atoms with Gasteiger partial charge in [0, 0.05) is 6.61 Å². The van der Waals surface area contributed by atoms with E-state index in [1.807, 2.05) is 18.2 Å². The minimum atomic E-state index is -0.0926. The van der Waals surface area contributed by atoms with Crippen LogP contribution in [0.3, 0.4) is 0 Å². The predicted molar refractivity (Wildman–Crippen MR) is 68.2 cm³/mol. The number of methoxy groups -OCH3 is 1. The second-order valence-electron chi connectivity index (χ2n) is 4.53. The first-order valence-corrected chi connectivity index (χ1v) is 6.16. The molecular weight excluding hydrogens is 232 g/mol. The first-order chi connectivity index (χ1) is 8.81. The summed E-state index contributed by atoms with van der Waals surface area (Å²) in [6.07, 6.45) is 1.95. The molecule has 5 heteroatoms. The van der Waals surface area contributed by atoms with Crippen LogP contribution < -0.4 is 10.4 Å². The molecule has 1 atom stereocenters. The molecule has 3 rings (SSSR count). The Morgan fingerprint density at radius 1 is 1.50 bits per heavy atom. The third-order valence-corrected chi connectivity index (χ3v) is 3.42. The number of H-pyrrole nitrogens is 1. The number of nitrogens with one attached hydrogen (secondary N) is 1. The van der Waals surface area contributed by atoms with Crippen LogP contribution in [0.2, 0.25) is 0 Å². The maximum atomic E-state index is 12.1. The molecule has 1 aromatic carbocycles. The van der Waals surface area contributed by atoms with Crippen LogP contribution in [-0.4, -0.2) is 29.9 Å². The van der Waals surface area contributed by atoms with Crippen molar-refractivity contribution in [3.63, 3.8) is 0 Å². The van der Waals surface area contributed by atoms with Gasteiger partial charge in [-0.3, -0.25) is 4.57 Å². The lowest BCUT2D eigenvalue weighted by atomic mass is 10.1. The summed E-state index contributed by atoms with van der Waals surface area (Å²) in [5.74, 6) is 0.719. The summed E-state index contributed by atoms with van der Waals surface area (Å²) in [6, 6.07) is 5.73. The number of nitrogens with zero attached hydrogens (tertiary/aromatic N) is 1. The number of para-hydroxylation sites is 1. The number of benzene rings is 1. The molecule has 1 unspecified atom stereocenters. The van der Waals surface area contributed by atoms with Crippen molar-refractivity contribution in [1.82, 2.24) is 9.55 Å². The van der Waals surface area contributed by atoms with Crippen LogP contribution in [-0.2, 0) is 4.74 Å². The van der Waals surface area contributed by atoms with E-state index in [4.69, 9.17) is 9.47 Å². The zero-order valence-corrected chi connectivity index (χ0v) is 10.3. The van der Waals surface area contributed by atoms with Crippen LogP contribution >= 0.6 is 0 Å². The molecule has 0 saturated carbocycles. The Labute approximate surface area is 104 Å². The molecule has 1 saturated heterocycles. The molecule has 1 N–H and O–H groups in total. The fraction of sp³-hybridized carbons (Fsp3) is 0.462. The predicted octanol–water partition coefficient (Wildman–Crippen LogP) is 1.69. The molecule has 18 heavy (non-hydrogen) atoms. The quantitative estimate of drug-likeness (QED) is 0.879. The van der Waals surface area contributed by atoms with Gasteiger partial charge in [0.15, 0.2) is 0 Å². The zero-order valence-electron chi connectivity index (χ0n) is 10.3. The van der Waals surface area contributed by atoms with Gasteiger partial charge in [-0.15, -0.1) is 0 Å². The van der Waals surface area contributed by atoms with Gasteiger partial charge in [-0.05, 0) is 25.0 Å². The normalized spacial score (nSPS) is 20.2. The molecular formula is C13H16N2O3. The minimum Gasteiger partial charge on any atom is -0.494 e. The maximum absolute atomic E-state index is 12.1. The van der Waals surface area contributed by atoms with Crippen molar-refractivity contribution in [1.29, 1.82) is 0 Å². The summed E-state index contributed by atoms with van der Waals surface area (Å²) in [6.45, 7) is 1.37. The molecule has 1 aliphatic heterocycles. The topological polar surface area (TPSA) is 56.2 Å². The van der Waals surface area contributed by atoms with Crippen molar-refractivity contribution in [3.8, 4) is 5.75 Å². The fourth-order valence-electron chi connectivity index (χ4n) is 2.59. The van der Waals surface area contributed by atoms with Crippen LogP contribution in [0.1, 0.15) is 18.9 Å². The summed E-state index contributed by atoms with van der Waals surface area (Å²) in [5.41, 5.74) is 1.55. The third kappa shape index (κ3) is 1.71. The molecule has 1 aromatic heterocycles. The minimum absolute atomic E-state index is 0.0926. The Hall–Kier alpha value is -1.75. The van der Waals surface area contributed by atoms with E-state index in [9.17, 15) is 4.79 Å². The summed E-state index contributed by atoms with van der Waals surface area (Å²) >= 11 is 0. The highest BCUT2D eigenvalue weighted by Crippen LogP contribution is 2.28. The molecule has 0 amide bonds. The van der Waals surface area contributed by atoms with Crippen molar-refractivity contribution < 1.29 is 9.47 Å². The highest BCUT2D eigenvalue weighted by atomic mass is 16.5. The number of hydrogen-bond donors (Lipinski definition) is 1. The van der Waals surface area contributed by atoms with Crippen molar-refractivity contribution in [2.75, 3.05) is 20.3 Å². The fourth-order valence-corrected chi connectivity index (χ4v) is 2.59.